The fraction of sp³-hybridized carbons (Fsp3) is 0.409. The van der Waals surface area contributed by atoms with E-state index in [9.17, 15) is 22.8 Å². The molecule has 2 N–H and O–H groups in total. The van der Waals surface area contributed by atoms with Gasteiger partial charge >= 0.3 is 6.36 Å². The summed E-state index contributed by atoms with van der Waals surface area (Å²) < 4.78 is 45.5. The van der Waals surface area contributed by atoms with Crippen molar-refractivity contribution in [1.29, 1.82) is 0 Å². The summed E-state index contributed by atoms with van der Waals surface area (Å²) in [5.41, 5.74) is -0.399. The van der Waals surface area contributed by atoms with E-state index in [-0.39, 0.29) is 36.3 Å². The number of hydrogen-bond donors (Lipinski definition) is 2. The van der Waals surface area contributed by atoms with Crippen LogP contribution in [0.2, 0.25) is 0 Å². The number of terminal acetylenes is 1. The lowest BCUT2D eigenvalue weighted by atomic mass is 9.82. The molecular weight excluding hydrogens is 459 g/mol. The Kier molecular flexibility index (Phi) is 7.81. The molecule has 0 unspecified atom stereocenters. The molecule has 11 heteroatoms. The van der Waals surface area contributed by atoms with Crippen molar-refractivity contribution in [1.82, 2.24) is 15.6 Å². The number of nitrogens with one attached hydrogen (secondary N) is 2. The van der Waals surface area contributed by atoms with Crippen molar-refractivity contribution >= 4 is 23.2 Å². The number of rotatable bonds is 8. The Morgan fingerprint density at radius 2 is 1.82 bits per heavy atom. The van der Waals surface area contributed by atoms with Crippen molar-refractivity contribution in [2.24, 2.45) is 0 Å². The van der Waals surface area contributed by atoms with Crippen molar-refractivity contribution in [3.63, 3.8) is 0 Å². The van der Waals surface area contributed by atoms with E-state index in [4.69, 9.17) is 11.2 Å². The Morgan fingerprint density at radius 3 is 2.45 bits per heavy atom. The highest BCUT2D eigenvalue weighted by Crippen LogP contribution is 2.28. The maximum absolute atomic E-state index is 12.5. The van der Waals surface area contributed by atoms with Crippen LogP contribution in [-0.4, -0.2) is 35.3 Å². The third-order valence-corrected chi connectivity index (χ3v) is 5.83. The molecule has 3 rings (SSSR count). The first-order chi connectivity index (χ1) is 15.7. The van der Waals surface area contributed by atoms with Gasteiger partial charge in [-0.3, -0.25) is 9.59 Å². The summed E-state index contributed by atoms with van der Waals surface area (Å²) in [6.07, 6.45) is 5.38. The molecule has 0 saturated heterocycles. The van der Waals surface area contributed by atoms with Gasteiger partial charge in [0.1, 0.15) is 27.7 Å². The lowest BCUT2D eigenvalue weighted by Gasteiger charge is -2.33. The standard InChI is InChI=1S/C22H22F3N3O4S/c1-2-21(10-4-3-5-11-21)28-20(30)17-14-33-19(27-17)12-26-18(29)13-31-15-6-8-16(9-7-15)32-22(23,24)25/h1,6-9,14H,3-5,10-13H2,(H,26,29)(H,28,30). The summed E-state index contributed by atoms with van der Waals surface area (Å²) in [4.78, 5) is 28.8. The molecule has 7 nitrogen and oxygen atoms in total. The lowest BCUT2D eigenvalue weighted by Crippen LogP contribution is -2.48. The van der Waals surface area contributed by atoms with Gasteiger partial charge in [0.15, 0.2) is 6.61 Å². The molecule has 1 saturated carbocycles. The first-order valence-electron chi connectivity index (χ1n) is 10.2. The predicted molar refractivity (Wildman–Crippen MR) is 115 cm³/mol. The second kappa shape index (κ2) is 10.6. The van der Waals surface area contributed by atoms with Crippen molar-refractivity contribution < 1.29 is 32.2 Å². The van der Waals surface area contributed by atoms with E-state index >= 15 is 0 Å². The summed E-state index contributed by atoms with van der Waals surface area (Å²) in [5, 5.41) is 7.66. The molecule has 2 amide bonds. The number of carbonyl (C=O) groups excluding carboxylic acids is 2. The Bertz CT molecular complexity index is 1010. The number of amides is 2. The minimum atomic E-state index is -4.78. The molecule has 0 radical (unpaired) electrons. The van der Waals surface area contributed by atoms with Crippen molar-refractivity contribution in [3.05, 3.63) is 40.3 Å². The van der Waals surface area contributed by atoms with Crippen molar-refractivity contribution in [2.75, 3.05) is 6.61 Å². The zero-order valence-corrected chi connectivity index (χ0v) is 18.4. The molecule has 1 aromatic carbocycles. The highest BCUT2D eigenvalue weighted by atomic mass is 32.1. The summed E-state index contributed by atoms with van der Waals surface area (Å²) in [5.74, 6) is 1.74. The Labute approximate surface area is 192 Å². The van der Waals surface area contributed by atoms with Crippen LogP contribution in [0.25, 0.3) is 0 Å². The number of carbonyl (C=O) groups is 2. The number of nitrogens with zero attached hydrogens (tertiary/aromatic N) is 1. The van der Waals surface area contributed by atoms with Gasteiger partial charge in [0.25, 0.3) is 11.8 Å². The van der Waals surface area contributed by atoms with Crippen LogP contribution in [0.5, 0.6) is 11.5 Å². The van der Waals surface area contributed by atoms with Crippen LogP contribution in [0.4, 0.5) is 13.2 Å². The van der Waals surface area contributed by atoms with Gasteiger partial charge in [-0.25, -0.2) is 4.98 Å². The fourth-order valence-corrected chi connectivity index (χ4v) is 4.06. The third kappa shape index (κ3) is 7.39. The Morgan fingerprint density at radius 1 is 1.15 bits per heavy atom. The van der Waals surface area contributed by atoms with Gasteiger partial charge in [-0.05, 0) is 37.1 Å². The van der Waals surface area contributed by atoms with Crippen LogP contribution in [0.1, 0.15) is 47.6 Å². The molecule has 0 atom stereocenters. The monoisotopic (exact) mass is 481 g/mol. The predicted octanol–water partition coefficient (Wildman–Crippen LogP) is 3.80. The summed E-state index contributed by atoms with van der Waals surface area (Å²) in [6, 6.07) is 4.69. The quantitative estimate of drug-likeness (QED) is 0.560. The van der Waals surface area contributed by atoms with Gasteiger partial charge in [0, 0.05) is 5.38 Å². The molecule has 1 aromatic heterocycles. The van der Waals surface area contributed by atoms with Crippen LogP contribution >= 0.6 is 11.3 Å². The zero-order chi connectivity index (χ0) is 23.9. The van der Waals surface area contributed by atoms with Gasteiger partial charge in [-0.2, -0.15) is 0 Å². The van der Waals surface area contributed by atoms with E-state index in [1.54, 1.807) is 5.38 Å². The number of halogens is 3. The second-order valence-electron chi connectivity index (χ2n) is 7.45. The molecule has 1 heterocycles. The SMILES string of the molecule is C#CC1(NC(=O)c2csc(CNC(=O)COc3ccc(OC(F)(F)F)cc3)n2)CCCCC1. The number of thiazole rings is 1. The molecule has 0 aliphatic heterocycles. The normalized spacial score (nSPS) is 15.2. The molecular formula is C22H22F3N3O4S. The van der Waals surface area contributed by atoms with Crippen LogP contribution < -0.4 is 20.1 Å². The van der Waals surface area contributed by atoms with E-state index in [2.05, 4.69) is 26.3 Å². The summed E-state index contributed by atoms with van der Waals surface area (Å²) in [7, 11) is 0. The van der Waals surface area contributed by atoms with Gasteiger partial charge < -0.3 is 20.1 Å². The molecule has 1 fully saturated rings. The average molecular weight is 481 g/mol. The molecule has 1 aliphatic carbocycles. The Balaban J connectivity index is 1.44. The van der Waals surface area contributed by atoms with E-state index in [0.29, 0.717) is 5.01 Å². The summed E-state index contributed by atoms with van der Waals surface area (Å²) in [6.45, 7) is -0.248. The average Bonchev–Trinajstić information content (AvgIpc) is 3.26. The van der Waals surface area contributed by atoms with Gasteiger partial charge in [-0.15, -0.1) is 30.9 Å². The van der Waals surface area contributed by atoms with E-state index in [1.165, 1.54) is 23.5 Å². The van der Waals surface area contributed by atoms with Crippen LogP contribution in [0, 0.1) is 12.3 Å². The fourth-order valence-electron chi connectivity index (χ4n) is 3.35. The number of benzene rings is 1. The highest BCUT2D eigenvalue weighted by Gasteiger charge is 2.32. The van der Waals surface area contributed by atoms with Crippen LogP contribution in [0.3, 0.4) is 0 Å². The number of aromatic nitrogens is 1. The van der Waals surface area contributed by atoms with E-state index in [0.717, 1.165) is 44.2 Å². The highest BCUT2D eigenvalue weighted by molar-refractivity contribution is 7.09. The molecule has 0 spiro atoms. The maximum Gasteiger partial charge on any atom is 0.573 e. The molecule has 0 bridgehead atoms. The number of ether oxygens (including phenoxy) is 2. The third-order valence-electron chi connectivity index (χ3n) is 4.98. The van der Waals surface area contributed by atoms with Crippen LogP contribution in [-0.2, 0) is 11.3 Å². The molecule has 33 heavy (non-hydrogen) atoms. The first kappa shape index (κ1) is 24.4. The zero-order valence-electron chi connectivity index (χ0n) is 17.5. The molecule has 2 aromatic rings. The van der Waals surface area contributed by atoms with Gasteiger partial charge in [-0.1, -0.05) is 25.2 Å². The first-order valence-corrected chi connectivity index (χ1v) is 11.1. The minimum Gasteiger partial charge on any atom is -0.484 e. The Hall–Kier alpha value is -3.26. The van der Waals surface area contributed by atoms with E-state index in [1.807, 2.05) is 0 Å². The minimum absolute atomic E-state index is 0.0960. The largest absolute Gasteiger partial charge is 0.573 e. The van der Waals surface area contributed by atoms with Gasteiger partial charge in [0.2, 0.25) is 0 Å². The summed E-state index contributed by atoms with van der Waals surface area (Å²) >= 11 is 1.22. The number of hydrogen-bond acceptors (Lipinski definition) is 6. The van der Waals surface area contributed by atoms with E-state index < -0.39 is 17.8 Å². The molecule has 176 valence electrons. The lowest BCUT2D eigenvalue weighted by molar-refractivity contribution is -0.274. The number of alkyl halides is 3. The molecule has 1 aliphatic rings. The van der Waals surface area contributed by atoms with Crippen molar-refractivity contribution in [2.45, 2.75) is 50.6 Å². The van der Waals surface area contributed by atoms with Crippen LogP contribution in [0.15, 0.2) is 29.6 Å². The second-order valence-corrected chi connectivity index (χ2v) is 8.39. The van der Waals surface area contributed by atoms with Gasteiger partial charge in [0.05, 0.1) is 6.54 Å². The maximum atomic E-state index is 12.5. The van der Waals surface area contributed by atoms with Crippen molar-refractivity contribution in [3.8, 4) is 23.8 Å². The topological polar surface area (TPSA) is 89.6 Å². The smallest absolute Gasteiger partial charge is 0.484 e.